The minimum Gasteiger partial charge on any atom is -0.497 e. The molecule has 0 unspecified atom stereocenters. The van der Waals surface area contributed by atoms with E-state index in [2.05, 4.69) is 26.0 Å². The van der Waals surface area contributed by atoms with Gasteiger partial charge in [0.1, 0.15) is 32.7 Å². The Hall–Kier alpha value is -3.03. The molecule has 2 aromatic carbocycles. The predicted molar refractivity (Wildman–Crippen MR) is 171 cm³/mol. The lowest BCUT2D eigenvalue weighted by Gasteiger charge is -1.97. The third-order valence-electron chi connectivity index (χ3n) is 5.16. The largest absolute Gasteiger partial charge is 0.499 e. The molecule has 2 N–H and O–H groups in total. The van der Waals surface area contributed by atoms with Crippen molar-refractivity contribution in [2.45, 2.75) is 7.43 Å². The fourth-order valence-electron chi connectivity index (χ4n) is 3.33. The first kappa shape index (κ1) is 32.5. The Morgan fingerprint density at radius 3 is 1.68 bits per heavy atom. The molecule has 0 radical (unpaired) electrons. The van der Waals surface area contributed by atoms with Crippen LogP contribution in [-0.2, 0) is 0 Å². The highest BCUT2D eigenvalue weighted by atomic mass is 35.5. The van der Waals surface area contributed by atoms with E-state index in [4.69, 9.17) is 54.3 Å². The monoisotopic (exact) mass is 648 g/mol. The minimum atomic E-state index is -1.39. The van der Waals surface area contributed by atoms with E-state index in [0.29, 0.717) is 20.2 Å². The molecule has 0 spiro atoms. The topological polar surface area (TPSA) is 110 Å². The van der Waals surface area contributed by atoms with Crippen LogP contribution in [0.1, 0.15) is 7.43 Å². The molecule has 0 aliphatic heterocycles. The SMILES string of the molecule is C.COc1ccc2cc(-c3cncc(Cl)n3)sc2c1.COc1ccc2cc(B(O)O)sc2c1.Clc1cncc(Cl)n1. The highest BCUT2D eigenvalue weighted by molar-refractivity contribution is 7.27. The average molecular weight is 650 g/mol. The Labute approximate surface area is 260 Å². The number of methoxy groups -OCH3 is 2. The van der Waals surface area contributed by atoms with Crippen LogP contribution in [-0.4, -0.2) is 51.3 Å². The van der Waals surface area contributed by atoms with Crippen LogP contribution in [0.2, 0.25) is 15.5 Å². The number of nitrogens with zero attached hydrogens (tertiary/aromatic N) is 4. The van der Waals surface area contributed by atoms with Crippen LogP contribution in [0.4, 0.5) is 0 Å². The van der Waals surface area contributed by atoms with Crippen molar-refractivity contribution < 1.29 is 19.5 Å². The number of hydrogen-bond acceptors (Lipinski definition) is 10. The van der Waals surface area contributed by atoms with Gasteiger partial charge in [-0.3, -0.25) is 9.97 Å². The summed E-state index contributed by atoms with van der Waals surface area (Å²) in [4.78, 5) is 16.7. The van der Waals surface area contributed by atoms with Gasteiger partial charge in [-0.1, -0.05) is 42.2 Å². The van der Waals surface area contributed by atoms with Crippen LogP contribution in [0.5, 0.6) is 11.5 Å². The van der Waals surface area contributed by atoms with Gasteiger partial charge in [-0.05, 0) is 59.3 Å². The number of fused-ring (bicyclic) bond motifs is 2. The zero-order chi connectivity index (χ0) is 28.6. The van der Waals surface area contributed by atoms with Gasteiger partial charge in [0, 0.05) is 14.2 Å². The molecule has 0 fully saturated rings. The maximum atomic E-state index is 8.99. The Morgan fingerprint density at radius 2 is 1.20 bits per heavy atom. The van der Waals surface area contributed by atoms with Gasteiger partial charge in [-0.25, -0.2) is 9.97 Å². The minimum absolute atomic E-state index is 0. The third-order valence-corrected chi connectivity index (χ3v) is 7.97. The van der Waals surface area contributed by atoms with Crippen molar-refractivity contribution in [2.75, 3.05) is 14.2 Å². The fraction of sp³-hybridized carbons (Fsp3) is 0.111. The highest BCUT2D eigenvalue weighted by Gasteiger charge is 2.14. The van der Waals surface area contributed by atoms with E-state index in [9.17, 15) is 0 Å². The summed E-state index contributed by atoms with van der Waals surface area (Å²) in [5.41, 5.74) is 0.794. The Balaban J connectivity index is 0.000000179. The lowest BCUT2D eigenvalue weighted by Crippen LogP contribution is -2.26. The van der Waals surface area contributed by atoms with Gasteiger partial charge in [-0.2, -0.15) is 0 Å². The zero-order valence-corrected chi connectivity index (χ0v) is 24.9. The summed E-state index contributed by atoms with van der Waals surface area (Å²) in [5.74, 6) is 1.63. The number of benzene rings is 2. The second-order valence-electron chi connectivity index (χ2n) is 7.83. The summed E-state index contributed by atoms with van der Waals surface area (Å²) >= 11 is 19.6. The summed E-state index contributed by atoms with van der Waals surface area (Å²) in [7, 11) is 1.88. The molecule has 0 bridgehead atoms. The molecule has 0 saturated heterocycles. The lowest BCUT2D eigenvalue weighted by atomic mass is 9.89. The molecule has 0 amide bonds. The molecule has 0 aliphatic carbocycles. The van der Waals surface area contributed by atoms with Gasteiger partial charge < -0.3 is 19.5 Å². The van der Waals surface area contributed by atoms with Gasteiger partial charge in [0.2, 0.25) is 0 Å². The molecule has 0 saturated carbocycles. The molecular formula is C27H24BCl3N4O4S2. The summed E-state index contributed by atoms with van der Waals surface area (Å²) in [6.45, 7) is 0. The van der Waals surface area contributed by atoms with Crippen LogP contribution >= 0.6 is 57.5 Å². The number of halogens is 3. The average Bonchev–Trinajstić information content (AvgIpc) is 3.57. The van der Waals surface area contributed by atoms with Crippen LogP contribution in [0.25, 0.3) is 30.7 Å². The Bertz CT molecular complexity index is 1720. The maximum absolute atomic E-state index is 8.99. The summed E-state index contributed by atoms with van der Waals surface area (Å²) in [5, 5.41) is 21.2. The number of ether oxygens (including phenoxy) is 2. The molecule has 14 heteroatoms. The van der Waals surface area contributed by atoms with E-state index < -0.39 is 7.12 Å². The maximum Gasteiger partial charge on any atom is 0.499 e. The van der Waals surface area contributed by atoms with Crippen molar-refractivity contribution in [1.82, 2.24) is 19.9 Å². The standard InChI is InChI=1S/C13H9ClN2OS.C9H9BO3S.C4H2Cl2N2.CH4/c1-17-9-3-2-8-4-12(18-11(8)5-9)10-6-15-7-13(14)16-10;1-13-7-3-2-6-4-9(10(11)12)14-8(6)5-7;5-3-1-7-2-4(6)8-3;/h2-7H,1H3;2-5,11-12H,1H3;1-2H;1H4. The number of hydrogen-bond donors (Lipinski definition) is 2. The molecule has 8 nitrogen and oxygen atoms in total. The molecule has 41 heavy (non-hydrogen) atoms. The van der Waals surface area contributed by atoms with Crippen molar-refractivity contribution in [2.24, 2.45) is 0 Å². The van der Waals surface area contributed by atoms with Crippen molar-refractivity contribution in [3.8, 4) is 22.1 Å². The van der Waals surface area contributed by atoms with E-state index in [1.165, 1.54) is 29.9 Å². The van der Waals surface area contributed by atoms with E-state index in [-0.39, 0.29) is 7.43 Å². The lowest BCUT2D eigenvalue weighted by molar-refractivity contribution is 0.415. The van der Waals surface area contributed by atoms with Crippen LogP contribution < -0.4 is 14.3 Å². The number of rotatable bonds is 4. The first-order valence-corrected chi connectivity index (χ1v) is 14.1. The van der Waals surface area contributed by atoms with E-state index in [1.807, 2.05) is 36.4 Å². The van der Waals surface area contributed by atoms with Gasteiger partial charge in [0.15, 0.2) is 0 Å². The predicted octanol–water partition coefficient (Wildman–Crippen LogP) is 7.03. The molecule has 4 aromatic heterocycles. The quantitative estimate of drug-likeness (QED) is 0.196. The third kappa shape index (κ3) is 8.98. The number of thiophene rings is 2. The Kier molecular flexibility index (Phi) is 12.1. The van der Waals surface area contributed by atoms with Gasteiger partial charge in [0.25, 0.3) is 0 Å². The van der Waals surface area contributed by atoms with Crippen LogP contribution in [0.15, 0.2) is 73.3 Å². The molecular weight excluding hydrogens is 626 g/mol. The molecule has 0 atom stereocenters. The number of aromatic nitrogens is 4. The van der Waals surface area contributed by atoms with Crippen LogP contribution in [0, 0.1) is 0 Å². The van der Waals surface area contributed by atoms with Crippen molar-refractivity contribution >= 4 is 89.5 Å². The van der Waals surface area contributed by atoms with Gasteiger partial charge in [-0.15, -0.1) is 22.7 Å². The smallest absolute Gasteiger partial charge is 0.497 e. The second kappa shape index (κ2) is 15.3. The molecule has 4 heterocycles. The van der Waals surface area contributed by atoms with Crippen molar-refractivity contribution in [1.29, 1.82) is 0 Å². The second-order valence-corrected chi connectivity index (χ2v) is 11.2. The van der Waals surface area contributed by atoms with Crippen LogP contribution in [0.3, 0.4) is 0 Å². The molecule has 0 aliphatic rings. The molecule has 6 aromatic rings. The van der Waals surface area contributed by atoms with Crippen molar-refractivity contribution in [3.05, 3.63) is 88.8 Å². The fourth-order valence-corrected chi connectivity index (χ4v) is 5.83. The summed E-state index contributed by atoms with van der Waals surface area (Å²) in [6.07, 6.45) is 6.09. The zero-order valence-electron chi connectivity index (χ0n) is 21.0. The van der Waals surface area contributed by atoms with Gasteiger partial charge in [0.05, 0.1) is 43.9 Å². The summed E-state index contributed by atoms with van der Waals surface area (Å²) < 4.78 is 13.0. The first-order chi connectivity index (χ1) is 19.2. The van der Waals surface area contributed by atoms with E-state index >= 15 is 0 Å². The van der Waals surface area contributed by atoms with Gasteiger partial charge >= 0.3 is 7.12 Å². The first-order valence-electron chi connectivity index (χ1n) is 11.4. The highest BCUT2D eigenvalue weighted by Crippen LogP contribution is 2.34. The molecule has 212 valence electrons. The Morgan fingerprint density at radius 1 is 0.683 bits per heavy atom. The normalized spacial score (nSPS) is 10.1. The van der Waals surface area contributed by atoms with Crippen molar-refractivity contribution in [3.63, 3.8) is 0 Å². The summed E-state index contributed by atoms with van der Waals surface area (Å²) in [6, 6.07) is 15.5. The van der Waals surface area contributed by atoms with E-state index in [0.717, 1.165) is 42.2 Å². The molecule has 6 rings (SSSR count). The van der Waals surface area contributed by atoms with E-state index in [1.54, 1.807) is 37.8 Å².